The molecule has 3 fully saturated rings. The number of fused-ring (bicyclic) bond motifs is 5. The molecule has 0 aromatic heterocycles. The van der Waals surface area contributed by atoms with Crippen LogP contribution in [0.15, 0.2) is 71.8 Å². The zero-order chi connectivity index (χ0) is 43.4. The number of hydrogen-bond acceptors (Lipinski definition) is 14. The smallest absolute Gasteiger partial charge is 0.338 e. The lowest BCUT2D eigenvalue weighted by atomic mass is 9.44. The molecule has 318 valence electrons. The van der Waals surface area contributed by atoms with Gasteiger partial charge in [-0.25, -0.2) is 9.59 Å². The van der Waals surface area contributed by atoms with Gasteiger partial charge in [-0.15, -0.1) is 0 Å². The summed E-state index contributed by atoms with van der Waals surface area (Å²) in [6.07, 6.45) is -10.4. The van der Waals surface area contributed by atoms with E-state index in [0.717, 1.165) is 13.8 Å². The Morgan fingerprint density at radius 3 is 2.05 bits per heavy atom. The molecule has 15 heteroatoms. The van der Waals surface area contributed by atoms with Crippen molar-refractivity contribution in [1.29, 1.82) is 0 Å². The third-order valence-electron chi connectivity index (χ3n) is 13.0. The molecule has 3 aliphatic carbocycles. The van der Waals surface area contributed by atoms with Crippen molar-refractivity contribution in [3.05, 3.63) is 82.9 Å². The van der Waals surface area contributed by atoms with Gasteiger partial charge in [0.2, 0.25) is 5.91 Å². The molecular weight excluding hydrogens is 766 g/mol. The van der Waals surface area contributed by atoms with Gasteiger partial charge >= 0.3 is 23.9 Å². The highest BCUT2D eigenvalue weighted by Gasteiger charge is 2.78. The third-order valence-corrected chi connectivity index (χ3v) is 13.0. The number of ether oxygens (including phenoxy) is 5. The highest BCUT2D eigenvalue weighted by Crippen LogP contribution is 2.64. The molecule has 59 heavy (non-hydrogen) atoms. The summed E-state index contributed by atoms with van der Waals surface area (Å²) in [5, 5.41) is 39.9. The van der Waals surface area contributed by atoms with Crippen molar-refractivity contribution >= 4 is 35.6 Å². The van der Waals surface area contributed by atoms with E-state index in [2.05, 4.69) is 5.32 Å². The van der Waals surface area contributed by atoms with Gasteiger partial charge in [0.05, 0.1) is 35.6 Å². The molecule has 0 radical (unpaired) electrons. The number of hydrogen-bond donors (Lipinski definition) is 4. The van der Waals surface area contributed by atoms with E-state index in [-0.39, 0.29) is 29.7 Å². The highest BCUT2D eigenvalue weighted by molar-refractivity contribution is 5.95. The minimum absolute atomic E-state index is 0.00705. The first-order valence-electron chi connectivity index (χ1n) is 19.8. The molecule has 4 aliphatic rings. The van der Waals surface area contributed by atoms with Crippen LogP contribution in [0.25, 0.3) is 0 Å². The molecule has 4 N–H and O–H groups in total. The molecular formula is C44H53NO14. The van der Waals surface area contributed by atoms with Crippen molar-refractivity contribution in [3.8, 4) is 0 Å². The number of benzene rings is 2. The number of amides is 1. The summed E-state index contributed by atoms with van der Waals surface area (Å²) in [4.78, 5) is 82.6. The van der Waals surface area contributed by atoms with Gasteiger partial charge in [0.1, 0.15) is 23.9 Å². The number of ketones is 1. The standard InChI is InChI=1S/C44H53NO14/c1-22(2)38(51)45-32(26-15-11-9-12-16-26)33(49)40(53)57-28-20-44(54)37(58-39(52)27-17-13-10-14-18-27)35-42(8,29(48)19-30-43(35,21-55-30)59-25(5)47)36(50)34(56-24(4)46)31(23(28)3)41(44,6)7/h9-18,22,28-30,32-35,37,48-49,54H,19-21H2,1-8H3,(H,45,51)/t28-,29-,30+,32-,33+,34+,35?,37-,42+,43-,44+/m0/s1. The van der Waals surface area contributed by atoms with Crippen molar-refractivity contribution in [2.24, 2.45) is 22.7 Å². The lowest BCUT2D eigenvalue weighted by Crippen LogP contribution is -2.82. The Labute approximate surface area is 342 Å². The van der Waals surface area contributed by atoms with Crippen LogP contribution in [0.3, 0.4) is 0 Å². The number of aliphatic hydroxyl groups is 3. The Morgan fingerprint density at radius 2 is 1.51 bits per heavy atom. The maximum Gasteiger partial charge on any atom is 0.338 e. The average Bonchev–Trinajstić information content (AvgIpc) is 3.18. The van der Waals surface area contributed by atoms with Gasteiger partial charge in [0.15, 0.2) is 23.6 Å². The summed E-state index contributed by atoms with van der Waals surface area (Å²) in [5.74, 6) is -7.15. The lowest BCUT2D eigenvalue weighted by Gasteiger charge is -2.67. The van der Waals surface area contributed by atoms with Crippen molar-refractivity contribution < 1.29 is 67.8 Å². The monoisotopic (exact) mass is 819 g/mol. The lowest BCUT2D eigenvalue weighted by molar-refractivity contribution is -0.346. The molecule has 1 saturated heterocycles. The Balaban J connectivity index is 1.56. The first-order valence-corrected chi connectivity index (χ1v) is 19.8. The van der Waals surface area contributed by atoms with E-state index in [1.165, 1.54) is 26.0 Å². The van der Waals surface area contributed by atoms with E-state index < -0.39 is 119 Å². The van der Waals surface area contributed by atoms with Gasteiger partial charge in [-0.3, -0.25) is 19.2 Å². The van der Waals surface area contributed by atoms with Crippen molar-refractivity contribution in [1.82, 2.24) is 5.32 Å². The van der Waals surface area contributed by atoms with Gasteiger partial charge in [0, 0.05) is 38.0 Å². The molecule has 2 aromatic rings. The second-order valence-electron chi connectivity index (χ2n) is 17.2. The highest BCUT2D eigenvalue weighted by atomic mass is 16.6. The van der Waals surface area contributed by atoms with E-state index in [0.29, 0.717) is 5.56 Å². The van der Waals surface area contributed by atoms with Gasteiger partial charge < -0.3 is 44.3 Å². The molecule has 1 aliphatic heterocycles. The van der Waals surface area contributed by atoms with E-state index in [1.54, 1.807) is 76.2 Å². The Kier molecular flexibility index (Phi) is 11.8. The maximum atomic E-state index is 15.4. The maximum absolute atomic E-state index is 15.4. The molecule has 15 nitrogen and oxygen atoms in total. The second-order valence-corrected chi connectivity index (χ2v) is 17.2. The molecule has 1 unspecified atom stereocenters. The van der Waals surface area contributed by atoms with Crippen LogP contribution in [0, 0.1) is 22.7 Å². The van der Waals surface area contributed by atoms with Gasteiger partial charge in [-0.05, 0) is 42.7 Å². The fourth-order valence-corrected chi connectivity index (χ4v) is 9.69. The summed E-state index contributed by atoms with van der Waals surface area (Å²) in [6, 6.07) is 14.9. The van der Waals surface area contributed by atoms with Gasteiger partial charge in [-0.2, -0.15) is 0 Å². The third kappa shape index (κ3) is 7.25. The summed E-state index contributed by atoms with van der Waals surface area (Å²) >= 11 is 0. The summed E-state index contributed by atoms with van der Waals surface area (Å²) in [6.45, 7) is 11.3. The van der Waals surface area contributed by atoms with Crippen LogP contribution in [-0.2, 0) is 47.7 Å². The predicted molar refractivity (Wildman–Crippen MR) is 207 cm³/mol. The summed E-state index contributed by atoms with van der Waals surface area (Å²) in [5.41, 5.74) is -7.16. The Bertz CT molecular complexity index is 2030. The van der Waals surface area contributed by atoms with Crippen LogP contribution < -0.4 is 5.32 Å². The topological polar surface area (TPSA) is 221 Å². The number of Topliss-reactive ketones (excluding diaryl/α,β-unsaturated/α-hetero) is 1. The van der Waals surface area contributed by atoms with Crippen molar-refractivity contribution in [2.45, 2.75) is 122 Å². The number of nitrogens with one attached hydrogen (secondary N) is 1. The van der Waals surface area contributed by atoms with Crippen molar-refractivity contribution in [2.75, 3.05) is 6.61 Å². The largest absolute Gasteiger partial charge is 0.456 e. The fraction of sp³-hybridized carbons (Fsp3) is 0.545. The fourth-order valence-electron chi connectivity index (χ4n) is 9.69. The van der Waals surface area contributed by atoms with Gasteiger partial charge in [0.25, 0.3) is 0 Å². The van der Waals surface area contributed by atoms with E-state index in [9.17, 15) is 39.3 Å². The van der Waals surface area contributed by atoms with E-state index in [4.69, 9.17) is 23.7 Å². The zero-order valence-electron chi connectivity index (χ0n) is 34.4. The predicted octanol–water partition coefficient (Wildman–Crippen LogP) is 3.08. The number of esters is 4. The molecule has 11 atom stereocenters. The van der Waals surface area contributed by atoms with Gasteiger partial charge in [-0.1, -0.05) is 76.2 Å². The van der Waals surface area contributed by atoms with Crippen LogP contribution >= 0.6 is 0 Å². The summed E-state index contributed by atoms with van der Waals surface area (Å²) in [7, 11) is 0. The first-order chi connectivity index (χ1) is 27.6. The van der Waals surface area contributed by atoms with Crippen LogP contribution in [0.4, 0.5) is 0 Å². The second kappa shape index (κ2) is 15.9. The summed E-state index contributed by atoms with van der Waals surface area (Å²) < 4.78 is 30.2. The molecule has 1 amide bonds. The number of aliphatic hydroxyl groups excluding tert-OH is 2. The van der Waals surface area contributed by atoms with E-state index >= 15 is 4.79 Å². The van der Waals surface area contributed by atoms with Crippen LogP contribution in [0.1, 0.15) is 90.2 Å². The van der Waals surface area contributed by atoms with Crippen LogP contribution in [0.2, 0.25) is 0 Å². The number of carbonyl (C=O) groups excluding carboxylic acids is 6. The SMILES string of the molecule is CC(=O)O[C@H]1C(=O)[C@@]2(C)C([C@H](OC(=O)c3ccccc3)[C@]3(O)C[C@H](OC(=O)[C@H](O)[C@@H](NC(=O)C(C)C)c4ccccc4)C(C)=C1C3(C)C)[C@]1(OC(C)=O)CO[C@@H]1C[C@@H]2O. The van der Waals surface area contributed by atoms with E-state index in [1.807, 2.05) is 0 Å². The number of rotatable bonds is 10. The molecule has 1 heterocycles. The Hall–Kier alpha value is -4.96. The minimum Gasteiger partial charge on any atom is -0.456 e. The van der Waals surface area contributed by atoms with Crippen LogP contribution in [0.5, 0.6) is 0 Å². The first kappa shape index (κ1) is 43.6. The molecule has 2 aromatic carbocycles. The molecule has 2 bridgehead atoms. The Morgan fingerprint density at radius 1 is 0.898 bits per heavy atom. The molecule has 6 rings (SSSR count). The number of carbonyl (C=O) groups is 6. The minimum atomic E-state index is -2.37. The van der Waals surface area contributed by atoms with Crippen LogP contribution in [-0.4, -0.2) is 105 Å². The average molecular weight is 820 g/mol. The zero-order valence-corrected chi connectivity index (χ0v) is 34.4. The molecule has 2 saturated carbocycles. The quantitative estimate of drug-likeness (QED) is 0.154. The normalized spacial score (nSPS) is 33.1. The molecule has 0 spiro atoms. The van der Waals surface area contributed by atoms with Crippen molar-refractivity contribution in [3.63, 3.8) is 0 Å².